The van der Waals surface area contributed by atoms with Crippen LogP contribution in [0.4, 0.5) is 0 Å². The van der Waals surface area contributed by atoms with Gasteiger partial charge in [0.05, 0.1) is 12.8 Å². The molecular weight excluding hydrogens is 368 g/mol. The van der Waals surface area contributed by atoms with Crippen LogP contribution >= 0.6 is 0 Å². The van der Waals surface area contributed by atoms with Gasteiger partial charge in [0.2, 0.25) is 5.91 Å². The molecule has 29 heavy (non-hydrogen) atoms. The number of aryl methyl sites for hydroxylation is 1. The van der Waals surface area contributed by atoms with Crippen LogP contribution in [0.15, 0.2) is 53.5 Å². The SMILES string of the molecule is CCOc1ccccc1CNC(=O)Cn1ncc2c([nH]c3ccc(C)cc32)c1=O. The van der Waals surface area contributed by atoms with E-state index in [2.05, 4.69) is 15.4 Å². The molecule has 2 aromatic heterocycles. The molecule has 2 aromatic carbocycles. The smallest absolute Gasteiger partial charge is 0.291 e. The molecule has 0 aliphatic rings. The zero-order chi connectivity index (χ0) is 20.4. The summed E-state index contributed by atoms with van der Waals surface area (Å²) < 4.78 is 6.74. The van der Waals surface area contributed by atoms with Gasteiger partial charge in [-0.2, -0.15) is 5.10 Å². The lowest BCUT2D eigenvalue weighted by atomic mass is 10.1. The van der Waals surface area contributed by atoms with E-state index >= 15 is 0 Å². The molecule has 7 nitrogen and oxygen atoms in total. The lowest BCUT2D eigenvalue weighted by Gasteiger charge is -2.11. The van der Waals surface area contributed by atoms with Crippen molar-refractivity contribution in [2.24, 2.45) is 0 Å². The molecule has 0 bridgehead atoms. The summed E-state index contributed by atoms with van der Waals surface area (Å²) in [7, 11) is 0. The zero-order valence-corrected chi connectivity index (χ0v) is 16.4. The predicted octanol–water partition coefficient (Wildman–Crippen LogP) is 2.90. The van der Waals surface area contributed by atoms with Crippen molar-refractivity contribution in [3.8, 4) is 5.75 Å². The van der Waals surface area contributed by atoms with Crippen molar-refractivity contribution in [1.82, 2.24) is 20.1 Å². The third-order valence-corrected chi connectivity index (χ3v) is 4.81. The van der Waals surface area contributed by atoms with Gasteiger partial charge in [-0.25, -0.2) is 4.68 Å². The maximum absolute atomic E-state index is 12.8. The van der Waals surface area contributed by atoms with Crippen molar-refractivity contribution in [2.75, 3.05) is 6.61 Å². The van der Waals surface area contributed by atoms with E-state index in [1.165, 1.54) is 4.68 Å². The van der Waals surface area contributed by atoms with E-state index in [1.54, 1.807) is 6.20 Å². The molecule has 0 saturated carbocycles. The Bertz CT molecular complexity index is 1260. The number of aromatic amines is 1. The number of nitrogens with one attached hydrogen (secondary N) is 2. The number of nitrogens with zero attached hydrogens (tertiary/aromatic N) is 2. The summed E-state index contributed by atoms with van der Waals surface area (Å²) in [6.45, 7) is 4.63. The van der Waals surface area contributed by atoms with Crippen LogP contribution in [0.1, 0.15) is 18.1 Å². The first-order valence-electron chi connectivity index (χ1n) is 9.52. The summed E-state index contributed by atoms with van der Waals surface area (Å²) in [5, 5.41) is 8.74. The van der Waals surface area contributed by atoms with Crippen LogP contribution in [0.5, 0.6) is 5.75 Å². The number of H-pyrrole nitrogens is 1. The number of carbonyl (C=O) groups is 1. The van der Waals surface area contributed by atoms with Crippen LogP contribution < -0.4 is 15.6 Å². The average molecular weight is 390 g/mol. The van der Waals surface area contributed by atoms with Crippen molar-refractivity contribution >= 4 is 27.7 Å². The second kappa shape index (κ2) is 7.79. The van der Waals surface area contributed by atoms with Crippen molar-refractivity contribution in [1.29, 1.82) is 0 Å². The fourth-order valence-corrected chi connectivity index (χ4v) is 3.38. The first-order chi connectivity index (χ1) is 14.1. The topological polar surface area (TPSA) is 89.0 Å². The van der Waals surface area contributed by atoms with E-state index in [1.807, 2.05) is 56.3 Å². The number of aromatic nitrogens is 3. The molecule has 0 aliphatic carbocycles. The molecule has 148 valence electrons. The van der Waals surface area contributed by atoms with Crippen LogP contribution in [0.25, 0.3) is 21.8 Å². The minimum atomic E-state index is -0.318. The standard InChI is InChI=1S/C22H22N4O3/c1-3-29-19-7-5-4-6-15(19)11-23-20(27)13-26-22(28)21-17(12-24-26)16-10-14(2)8-9-18(16)25-21/h4-10,12,25H,3,11,13H2,1-2H3,(H,23,27). The number of hydrogen-bond donors (Lipinski definition) is 2. The minimum Gasteiger partial charge on any atom is -0.494 e. The average Bonchev–Trinajstić information content (AvgIpc) is 3.08. The molecule has 0 unspecified atom stereocenters. The number of benzene rings is 2. The molecule has 4 aromatic rings. The Hall–Kier alpha value is -3.61. The Kier molecular flexibility index (Phi) is 5.03. The number of rotatable bonds is 6. The van der Waals surface area contributed by atoms with Crippen LogP contribution in [0.3, 0.4) is 0 Å². The number of para-hydroxylation sites is 1. The fraction of sp³-hybridized carbons (Fsp3) is 0.227. The number of amides is 1. The molecule has 2 N–H and O–H groups in total. The van der Waals surface area contributed by atoms with E-state index in [0.717, 1.165) is 33.2 Å². The molecule has 0 atom stereocenters. The first kappa shape index (κ1) is 18.7. The molecule has 1 amide bonds. The molecule has 2 heterocycles. The maximum atomic E-state index is 12.8. The Morgan fingerprint density at radius 2 is 2.03 bits per heavy atom. The largest absolute Gasteiger partial charge is 0.494 e. The number of ether oxygens (including phenoxy) is 1. The molecule has 7 heteroatoms. The summed E-state index contributed by atoms with van der Waals surface area (Å²) in [5.74, 6) is 0.442. The van der Waals surface area contributed by atoms with E-state index in [9.17, 15) is 9.59 Å². The lowest BCUT2D eigenvalue weighted by molar-refractivity contribution is -0.122. The summed E-state index contributed by atoms with van der Waals surface area (Å²) in [4.78, 5) is 28.3. The van der Waals surface area contributed by atoms with Gasteiger partial charge < -0.3 is 15.0 Å². The molecule has 0 aliphatic heterocycles. The monoisotopic (exact) mass is 390 g/mol. The van der Waals surface area contributed by atoms with Gasteiger partial charge in [-0.15, -0.1) is 0 Å². The van der Waals surface area contributed by atoms with Gasteiger partial charge in [-0.3, -0.25) is 9.59 Å². The lowest BCUT2D eigenvalue weighted by Crippen LogP contribution is -2.33. The maximum Gasteiger partial charge on any atom is 0.291 e. The van der Waals surface area contributed by atoms with Gasteiger partial charge in [0.1, 0.15) is 17.8 Å². The Labute approximate surface area is 167 Å². The van der Waals surface area contributed by atoms with Crippen molar-refractivity contribution in [3.05, 3.63) is 70.1 Å². The van der Waals surface area contributed by atoms with Crippen LogP contribution in [-0.2, 0) is 17.9 Å². The van der Waals surface area contributed by atoms with E-state index < -0.39 is 0 Å². The van der Waals surface area contributed by atoms with Crippen molar-refractivity contribution in [3.63, 3.8) is 0 Å². The predicted molar refractivity (Wildman–Crippen MR) is 112 cm³/mol. The third kappa shape index (κ3) is 3.71. The fourth-order valence-electron chi connectivity index (χ4n) is 3.38. The molecule has 0 spiro atoms. The Balaban J connectivity index is 1.53. The highest BCUT2D eigenvalue weighted by Crippen LogP contribution is 2.23. The van der Waals surface area contributed by atoms with Crippen LogP contribution in [-0.4, -0.2) is 27.3 Å². The first-order valence-corrected chi connectivity index (χ1v) is 9.52. The molecule has 0 radical (unpaired) electrons. The van der Waals surface area contributed by atoms with Gasteiger partial charge >= 0.3 is 0 Å². The molecular formula is C22H22N4O3. The highest BCUT2D eigenvalue weighted by molar-refractivity contribution is 6.06. The van der Waals surface area contributed by atoms with Crippen LogP contribution in [0.2, 0.25) is 0 Å². The Morgan fingerprint density at radius 3 is 2.86 bits per heavy atom. The summed E-state index contributed by atoms with van der Waals surface area (Å²) in [5.41, 5.74) is 2.99. The van der Waals surface area contributed by atoms with Gasteiger partial charge in [0.15, 0.2) is 0 Å². The van der Waals surface area contributed by atoms with Gasteiger partial charge in [0.25, 0.3) is 5.56 Å². The quantitative estimate of drug-likeness (QED) is 0.530. The minimum absolute atomic E-state index is 0.153. The van der Waals surface area contributed by atoms with Crippen molar-refractivity contribution in [2.45, 2.75) is 26.9 Å². The number of hydrogen-bond acceptors (Lipinski definition) is 4. The zero-order valence-electron chi connectivity index (χ0n) is 16.4. The second-order valence-corrected chi connectivity index (χ2v) is 6.89. The molecule has 4 rings (SSSR count). The summed E-state index contributed by atoms with van der Waals surface area (Å²) in [6, 6.07) is 13.5. The highest BCUT2D eigenvalue weighted by Gasteiger charge is 2.13. The summed E-state index contributed by atoms with van der Waals surface area (Å²) in [6.07, 6.45) is 1.63. The highest BCUT2D eigenvalue weighted by atomic mass is 16.5. The van der Waals surface area contributed by atoms with Gasteiger partial charge in [-0.05, 0) is 32.0 Å². The van der Waals surface area contributed by atoms with E-state index in [0.29, 0.717) is 18.7 Å². The summed E-state index contributed by atoms with van der Waals surface area (Å²) >= 11 is 0. The van der Waals surface area contributed by atoms with E-state index in [4.69, 9.17) is 4.74 Å². The van der Waals surface area contributed by atoms with Crippen molar-refractivity contribution < 1.29 is 9.53 Å². The van der Waals surface area contributed by atoms with Gasteiger partial charge in [-0.1, -0.05) is 29.8 Å². The number of fused-ring (bicyclic) bond motifs is 3. The molecule has 0 fully saturated rings. The second-order valence-electron chi connectivity index (χ2n) is 6.89. The third-order valence-electron chi connectivity index (χ3n) is 4.81. The Morgan fingerprint density at radius 1 is 1.21 bits per heavy atom. The normalized spacial score (nSPS) is 11.1. The molecule has 0 saturated heterocycles. The van der Waals surface area contributed by atoms with Gasteiger partial charge in [0, 0.05) is 28.4 Å². The van der Waals surface area contributed by atoms with E-state index in [-0.39, 0.29) is 18.0 Å². The van der Waals surface area contributed by atoms with Crippen LogP contribution in [0, 0.1) is 6.92 Å². The number of carbonyl (C=O) groups excluding carboxylic acids is 1.